The fourth-order valence-electron chi connectivity index (χ4n) is 11.5. The molecule has 0 saturated carbocycles. The highest BCUT2D eigenvalue weighted by Crippen LogP contribution is 2.50. The first-order chi connectivity index (χ1) is 33.7. The molecule has 15 rings (SSSR count). The van der Waals surface area contributed by atoms with Gasteiger partial charge in [-0.3, -0.25) is 0 Å². The van der Waals surface area contributed by atoms with Gasteiger partial charge in [-0.05, 0) is 153 Å². The van der Waals surface area contributed by atoms with Gasteiger partial charge in [0.1, 0.15) is 11.2 Å². The molecule has 15 aromatic rings. The van der Waals surface area contributed by atoms with Crippen LogP contribution in [0.1, 0.15) is 0 Å². The van der Waals surface area contributed by atoms with Gasteiger partial charge >= 0.3 is 0 Å². The fourth-order valence-corrected chi connectivity index (χ4v) is 11.5. The maximum atomic E-state index is 6.49. The summed E-state index contributed by atoms with van der Waals surface area (Å²) in [5.41, 5.74) is 15.7. The maximum absolute atomic E-state index is 6.49. The topological polar surface area (TPSA) is 27.9 Å². The average molecular weight is 866 g/mol. The van der Waals surface area contributed by atoms with Crippen LogP contribution in [0.25, 0.3) is 137 Å². The molecule has 0 saturated heterocycles. The van der Waals surface area contributed by atoms with Crippen LogP contribution < -0.4 is 0 Å². The van der Waals surface area contributed by atoms with Gasteiger partial charge in [-0.1, -0.05) is 121 Å². The molecule has 0 radical (unpaired) electrons. The summed E-state index contributed by atoms with van der Waals surface area (Å²) in [7, 11) is 0. The van der Waals surface area contributed by atoms with Crippen molar-refractivity contribution in [1.82, 2.24) is 13.7 Å². The highest BCUT2D eigenvalue weighted by molar-refractivity contribution is 6.28. The number of rotatable bonds is 5. The minimum Gasteiger partial charge on any atom is -0.456 e. The van der Waals surface area contributed by atoms with Crippen LogP contribution in [-0.2, 0) is 0 Å². The zero-order valence-corrected chi connectivity index (χ0v) is 36.8. The summed E-state index contributed by atoms with van der Waals surface area (Å²) in [6.07, 6.45) is 2.22. The summed E-state index contributed by atoms with van der Waals surface area (Å²) in [6.45, 7) is 0. The molecule has 0 aliphatic heterocycles. The van der Waals surface area contributed by atoms with Crippen molar-refractivity contribution in [3.05, 3.63) is 237 Å². The molecule has 0 aliphatic rings. The number of furan rings is 1. The van der Waals surface area contributed by atoms with Gasteiger partial charge < -0.3 is 18.1 Å². The Labute approximate surface area is 390 Å². The first kappa shape index (κ1) is 37.1. The third-order valence-electron chi connectivity index (χ3n) is 14.4. The van der Waals surface area contributed by atoms with Crippen molar-refractivity contribution >= 4 is 98.0 Å². The van der Waals surface area contributed by atoms with Crippen molar-refractivity contribution < 1.29 is 4.42 Å². The van der Waals surface area contributed by atoms with E-state index in [1.165, 1.54) is 81.7 Å². The number of para-hydroxylation sites is 6. The van der Waals surface area contributed by atoms with Gasteiger partial charge in [-0.25, -0.2) is 0 Å². The lowest BCUT2D eigenvalue weighted by Gasteiger charge is -2.20. The highest BCUT2D eigenvalue weighted by Gasteiger charge is 2.24. The van der Waals surface area contributed by atoms with Crippen molar-refractivity contribution in [2.75, 3.05) is 0 Å². The summed E-state index contributed by atoms with van der Waals surface area (Å²) in [5.74, 6) is 0. The van der Waals surface area contributed by atoms with Crippen molar-refractivity contribution in [3.8, 4) is 39.3 Å². The molecule has 0 fully saturated rings. The summed E-state index contributed by atoms with van der Waals surface area (Å²) < 4.78 is 13.7. The Balaban J connectivity index is 1.15. The second-order valence-electron chi connectivity index (χ2n) is 18.1. The number of nitrogens with zero attached hydrogens (tertiary/aromatic N) is 3. The molecule has 4 heterocycles. The molecule has 0 unspecified atom stereocenters. The number of hydrogen-bond donors (Lipinski definition) is 0. The maximum Gasteiger partial charge on any atom is 0.135 e. The third-order valence-corrected chi connectivity index (χ3v) is 14.4. The quantitative estimate of drug-likeness (QED) is 0.158. The van der Waals surface area contributed by atoms with E-state index >= 15 is 0 Å². The number of aromatic nitrogens is 3. The van der Waals surface area contributed by atoms with E-state index < -0.39 is 0 Å². The summed E-state index contributed by atoms with van der Waals surface area (Å²) in [4.78, 5) is 0. The van der Waals surface area contributed by atoms with Gasteiger partial charge in [0.2, 0.25) is 0 Å². The van der Waals surface area contributed by atoms with E-state index in [2.05, 4.69) is 250 Å². The molecular formula is C64H39N3O. The number of benzene rings is 11. The Kier molecular flexibility index (Phi) is 7.75. The van der Waals surface area contributed by atoms with Crippen LogP contribution in [0.3, 0.4) is 0 Å². The minimum absolute atomic E-state index is 0.880. The van der Waals surface area contributed by atoms with Crippen molar-refractivity contribution in [2.24, 2.45) is 0 Å². The molecule has 4 nitrogen and oxygen atoms in total. The Morgan fingerprint density at radius 3 is 1.43 bits per heavy atom. The molecule has 0 atom stereocenters. The van der Waals surface area contributed by atoms with Crippen LogP contribution in [0, 0.1) is 0 Å². The third kappa shape index (κ3) is 5.31. The lowest BCUT2D eigenvalue weighted by molar-refractivity contribution is 0.669. The average Bonchev–Trinajstić information content (AvgIpc) is 4.17. The molecule has 0 N–H and O–H groups in total. The van der Waals surface area contributed by atoms with Crippen LogP contribution in [0.15, 0.2) is 241 Å². The molecule has 4 aromatic heterocycles. The van der Waals surface area contributed by atoms with Crippen LogP contribution in [0.5, 0.6) is 0 Å². The summed E-state index contributed by atoms with van der Waals surface area (Å²) in [6, 6.07) is 84.4. The molecule has 0 amide bonds. The first-order valence-corrected chi connectivity index (χ1v) is 23.3. The lowest BCUT2D eigenvalue weighted by atomic mass is 9.83. The zero-order chi connectivity index (χ0) is 44.5. The first-order valence-electron chi connectivity index (χ1n) is 23.3. The SMILES string of the molecule is c1ccc(-n2ccc3cc4c(cc32)c(-c2ccc3c(c2)c2ccccc2n3-c2ccccc2)c(-c2ccc3oc5ccccc5c3c2)c2cc3c(cc24)c2ccccc2n3-c2ccccc2)cc1. The molecule has 68 heavy (non-hydrogen) atoms. The highest BCUT2D eigenvalue weighted by atomic mass is 16.3. The van der Waals surface area contributed by atoms with E-state index in [0.717, 1.165) is 55.6 Å². The van der Waals surface area contributed by atoms with Gasteiger partial charge in [0, 0.05) is 61.0 Å². The van der Waals surface area contributed by atoms with E-state index in [4.69, 9.17) is 4.42 Å². The fraction of sp³-hybridized carbons (Fsp3) is 0. The summed E-state index contributed by atoms with van der Waals surface area (Å²) in [5, 5.41) is 13.1. The molecule has 0 bridgehead atoms. The van der Waals surface area contributed by atoms with Crippen LogP contribution >= 0.6 is 0 Å². The largest absolute Gasteiger partial charge is 0.456 e. The van der Waals surface area contributed by atoms with Gasteiger partial charge in [-0.15, -0.1) is 0 Å². The van der Waals surface area contributed by atoms with Crippen molar-refractivity contribution in [3.63, 3.8) is 0 Å². The van der Waals surface area contributed by atoms with E-state index in [1.807, 2.05) is 0 Å². The van der Waals surface area contributed by atoms with Crippen LogP contribution in [0.2, 0.25) is 0 Å². The van der Waals surface area contributed by atoms with Crippen LogP contribution in [0.4, 0.5) is 0 Å². The second-order valence-corrected chi connectivity index (χ2v) is 18.1. The monoisotopic (exact) mass is 865 g/mol. The van der Waals surface area contributed by atoms with Crippen molar-refractivity contribution in [1.29, 1.82) is 0 Å². The van der Waals surface area contributed by atoms with Crippen LogP contribution in [-0.4, -0.2) is 13.7 Å². The smallest absolute Gasteiger partial charge is 0.135 e. The summed E-state index contributed by atoms with van der Waals surface area (Å²) >= 11 is 0. The number of fused-ring (bicyclic) bond motifs is 13. The number of hydrogen-bond acceptors (Lipinski definition) is 1. The van der Waals surface area contributed by atoms with E-state index in [0.29, 0.717) is 0 Å². The normalized spacial score (nSPS) is 12.1. The Hall–Kier alpha value is -9.12. The van der Waals surface area contributed by atoms with E-state index in [1.54, 1.807) is 0 Å². The molecule has 0 spiro atoms. The van der Waals surface area contributed by atoms with Gasteiger partial charge in [0.15, 0.2) is 0 Å². The molecule has 316 valence electrons. The molecule has 0 aliphatic carbocycles. The van der Waals surface area contributed by atoms with E-state index in [-0.39, 0.29) is 0 Å². The van der Waals surface area contributed by atoms with Crippen molar-refractivity contribution in [2.45, 2.75) is 0 Å². The minimum atomic E-state index is 0.880. The Bertz CT molecular complexity index is 4530. The molecule has 4 heteroatoms. The predicted molar refractivity (Wildman–Crippen MR) is 285 cm³/mol. The standard InChI is InChI=1S/C64H39N3O/c1-4-16-43(17-5-1)65-33-32-40-34-49-50-37-52-47-23-11-14-26-57(47)67(45-20-8-3-9-21-45)60(52)39-55(50)64(42-29-31-62-53(36-42)48-24-12-15-27-61(48)68-62)63(54(49)38-59(40)65)41-28-30-58-51(35-41)46-22-10-13-25-56(46)66(58)44-18-6-2-7-19-44/h1-39H. The van der Waals surface area contributed by atoms with E-state index in [9.17, 15) is 0 Å². The Morgan fingerprint density at radius 1 is 0.265 bits per heavy atom. The lowest BCUT2D eigenvalue weighted by Crippen LogP contribution is -1.96. The molecule has 11 aromatic carbocycles. The Morgan fingerprint density at radius 2 is 0.750 bits per heavy atom. The van der Waals surface area contributed by atoms with Gasteiger partial charge in [-0.2, -0.15) is 0 Å². The second kappa shape index (κ2) is 14.2. The van der Waals surface area contributed by atoms with Gasteiger partial charge in [0.05, 0.1) is 27.6 Å². The zero-order valence-electron chi connectivity index (χ0n) is 36.8. The van der Waals surface area contributed by atoms with Gasteiger partial charge in [0.25, 0.3) is 0 Å². The molecular weight excluding hydrogens is 827 g/mol. The predicted octanol–water partition coefficient (Wildman–Crippen LogP) is 17.4.